The van der Waals surface area contributed by atoms with E-state index in [0.29, 0.717) is 36.6 Å². The molecule has 164 valence electrons. The first-order valence-corrected chi connectivity index (χ1v) is 10.4. The number of hydrogen-bond acceptors (Lipinski definition) is 7. The molecule has 0 spiro atoms. The Balaban J connectivity index is 1.67. The lowest BCUT2D eigenvalue weighted by atomic mass is 10.1. The van der Waals surface area contributed by atoms with Crippen molar-refractivity contribution in [1.29, 1.82) is 0 Å². The first kappa shape index (κ1) is 20.4. The molecule has 1 aromatic carbocycles. The molecule has 8 nitrogen and oxygen atoms in total. The van der Waals surface area contributed by atoms with Crippen molar-refractivity contribution in [3.63, 3.8) is 0 Å². The molecule has 31 heavy (non-hydrogen) atoms. The summed E-state index contributed by atoms with van der Waals surface area (Å²) in [6.45, 7) is 5.34. The van der Waals surface area contributed by atoms with E-state index in [-0.39, 0.29) is 18.5 Å². The minimum absolute atomic E-state index is 0.0877. The molecule has 0 bridgehead atoms. The fourth-order valence-corrected chi connectivity index (χ4v) is 4.43. The summed E-state index contributed by atoms with van der Waals surface area (Å²) in [7, 11) is 0. The van der Waals surface area contributed by atoms with Gasteiger partial charge in [-0.25, -0.2) is 33.8 Å². The standard InChI is InChI=1S/C21H24F2N6O2/c1-15-13-27(9-11-30-15)28-10-12-31-21(14-28,20-24-7-4-8-25-20)29-17-6-3-2-5-16(17)26-19(29)18(22)23/h2-8,15,18H,9-14H2,1H3. The van der Waals surface area contributed by atoms with Gasteiger partial charge in [0.05, 0.1) is 36.9 Å². The van der Waals surface area contributed by atoms with Crippen LogP contribution in [0.1, 0.15) is 25.0 Å². The second kappa shape index (κ2) is 8.19. The van der Waals surface area contributed by atoms with Crippen molar-refractivity contribution in [3.8, 4) is 0 Å². The molecule has 0 N–H and O–H groups in total. The van der Waals surface area contributed by atoms with Gasteiger partial charge in [0.25, 0.3) is 6.43 Å². The van der Waals surface area contributed by atoms with Gasteiger partial charge in [0.1, 0.15) is 0 Å². The van der Waals surface area contributed by atoms with Crippen molar-refractivity contribution in [2.75, 3.05) is 39.4 Å². The van der Waals surface area contributed by atoms with Crippen LogP contribution >= 0.6 is 0 Å². The maximum Gasteiger partial charge on any atom is 0.295 e. The predicted octanol–water partition coefficient (Wildman–Crippen LogP) is 2.43. The fourth-order valence-electron chi connectivity index (χ4n) is 4.43. The van der Waals surface area contributed by atoms with Crippen LogP contribution in [-0.2, 0) is 15.2 Å². The van der Waals surface area contributed by atoms with Gasteiger partial charge in [-0.05, 0) is 25.1 Å². The van der Waals surface area contributed by atoms with Crippen LogP contribution in [0.5, 0.6) is 0 Å². The third kappa shape index (κ3) is 3.59. The lowest BCUT2D eigenvalue weighted by Crippen LogP contribution is -2.62. The summed E-state index contributed by atoms with van der Waals surface area (Å²) in [5, 5.41) is 4.35. The number of morpholine rings is 2. The Morgan fingerprint density at radius 1 is 1.06 bits per heavy atom. The molecule has 0 aliphatic carbocycles. The molecule has 2 atom stereocenters. The van der Waals surface area contributed by atoms with Gasteiger partial charge in [-0.1, -0.05) is 12.1 Å². The van der Waals surface area contributed by atoms with E-state index in [4.69, 9.17) is 9.47 Å². The van der Waals surface area contributed by atoms with Crippen LogP contribution in [0.4, 0.5) is 8.78 Å². The van der Waals surface area contributed by atoms with Crippen molar-refractivity contribution in [1.82, 2.24) is 29.5 Å². The summed E-state index contributed by atoms with van der Waals surface area (Å²) in [6.07, 6.45) is 0.509. The van der Waals surface area contributed by atoms with Crippen LogP contribution in [-0.4, -0.2) is 75.0 Å². The van der Waals surface area contributed by atoms with Crippen LogP contribution in [0.15, 0.2) is 42.7 Å². The number of fused-ring (bicyclic) bond motifs is 1. The monoisotopic (exact) mass is 430 g/mol. The van der Waals surface area contributed by atoms with E-state index in [1.54, 1.807) is 42.7 Å². The smallest absolute Gasteiger partial charge is 0.295 e. The molecular formula is C21H24F2N6O2. The summed E-state index contributed by atoms with van der Waals surface area (Å²) in [5.41, 5.74) is -0.306. The van der Waals surface area contributed by atoms with Gasteiger partial charge in [0, 0.05) is 32.0 Å². The highest BCUT2D eigenvalue weighted by Gasteiger charge is 2.47. The number of halogens is 2. The average molecular weight is 430 g/mol. The number of ether oxygens (including phenoxy) is 2. The van der Waals surface area contributed by atoms with Crippen molar-refractivity contribution in [2.24, 2.45) is 0 Å². The van der Waals surface area contributed by atoms with Gasteiger partial charge in [-0.2, -0.15) is 0 Å². The van der Waals surface area contributed by atoms with Crippen LogP contribution in [0.3, 0.4) is 0 Å². The van der Waals surface area contributed by atoms with Crippen LogP contribution in [0, 0.1) is 0 Å². The van der Waals surface area contributed by atoms with Gasteiger partial charge < -0.3 is 9.47 Å². The van der Waals surface area contributed by atoms with Gasteiger partial charge in [0.2, 0.25) is 5.72 Å². The molecule has 0 amide bonds. The zero-order valence-electron chi connectivity index (χ0n) is 17.2. The zero-order valence-corrected chi connectivity index (χ0v) is 17.2. The Kier molecular flexibility index (Phi) is 5.39. The third-order valence-corrected chi connectivity index (χ3v) is 5.76. The highest BCUT2D eigenvalue weighted by atomic mass is 19.3. The minimum atomic E-state index is -2.78. The SMILES string of the molecule is CC1CN(N2CCOC(c3ncccn3)(n3c(C(F)F)nc4ccccc43)C2)CCO1. The van der Waals surface area contributed by atoms with E-state index in [1.807, 2.05) is 6.92 Å². The highest BCUT2D eigenvalue weighted by Crippen LogP contribution is 2.37. The van der Waals surface area contributed by atoms with E-state index in [1.165, 1.54) is 4.57 Å². The molecule has 2 aliphatic heterocycles. The molecule has 2 aliphatic rings. The summed E-state index contributed by atoms with van der Waals surface area (Å²) < 4.78 is 41.8. The maximum absolute atomic E-state index is 14.2. The summed E-state index contributed by atoms with van der Waals surface area (Å²) >= 11 is 0. The Bertz CT molecular complexity index is 1050. The molecule has 5 rings (SSSR count). The highest BCUT2D eigenvalue weighted by molar-refractivity contribution is 5.76. The quantitative estimate of drug-likeness (QED) is 0.630. The number of alkyl halides is 2. The largest absolute Gasteiger partial charge is 0.376 e. The molecule has 4 heterocycles. The third-order valence-electron chi connectivity index (χ3n) is 5.76. The molecular weight excluding hydrogens is 406 g/mol. The van der Waals surface area contributed by atoms with Crippen molar-refractivity contribution in [3.05, 3.63) is 54.4 Å². The Labute approximate surface area is 178 Å². The lowest BCUT2D eigenvalue weighted by molar-refractivity contribution is -0.211. The van der Waals surface area contributed by atoms with Crippen molar-refractivity contribution >= 4 is 11.0 Å². The fraction of sp³-hybridized carbons (Fsp3) is 0.476. The molecule has 3 aromatic rings. The number of imidazole rings is 1. The van der Waals surface area contributed by atoms with E-state index < -0.39 is 12.2 Å². The number of rotatable bonds is 4. The topological polar surface area (TPSA) is 68.5 Å². The van der Waals surface area contributed by atoms with Gasteiger partial charge in [-0.3, -0.25) is 4.57 Å². The Morgan fingerprint density at radius 3 is 2.61 bits per heavy atom. The number of aromatic nitrogens is 4. The van der Waals surface area contributed by atoms with Crippen molar-refractivity contribution < 1.29 is 18.3 Å². The second-order valence-electron chi connectivity index (χ2n) is 7.78. The van der Waals surface area contributed by atoms with Crippen molar-refractivity contribution in [2.45, 2.75) is 25.2 Å². The molecule has 2 saturated heterocycles. The Hall–Kier alpha value is -2.53. The van der Waals surface area contributed by atoms with E-state index in [0.717, 1.165) is 13.1 Å². The number of nitrogens with zero attached hydrogens (tertiary/aromatic N) is 6. The normalized spacial score (nSPS) is 26.0. The lowest BCUT2D eigenvalue weighted by Gasteiger charge is -2.48. The predicted molar refractivity (Wildman–Crippen MR) is 108 cm³/mol. The summed E-state index contributed by atoms with van der Waals surface area (Å²) in [4.78, 5) is 13.1. The summed E-state index contributed by atoms with van der Waals surface area (Å²) in [5.74, 6) is -0.0306. The van der Waals surface area contributed by atoms with Crippen LogP contribution in [0.25, 0.3) is 11.0 Å². The molecule has 0 radical (unpaired) electrons. The summed E-state index contributed by atoms with van der Waals surface area (Å²) in [6, 6.07) is 8.78. The first-order chi connectivity index (χ1) is 15.1. The Morgan fingerprint density at radius 2 is 1.84 bits per heavy atom. The molecule has 2 fully saturated rings. The molecule has 2 aromatic heterocycles. The van der Waals surface area contributed by atoms with Gasteiger partial charge in [0.15, 0.2) is 11.6 Å². The van der Waals surface area contributed by atoms with E-state index in [9.17, 15) is 8.78 Å². The molecule has 10 heteroatoms. The van der Waals surface area contributed by atoms with Gasteiger partial charge in [-0.15, -0.1) is 0 Å². The number of benzene rings is 1. The number of para-hydroxylation sites is 2. The average Bonchev–Trinajstić information content (AvgIpc) is 3.20. The molecule has 0 saturated carbocycles. The minimum Gasteiger partial charge on any atom is -0.376 e. The van der Waals surface area contributed by atoms with Crippen LogP contribution < -0.4 is 0 Å². The van der Waals surface area contributed by atoms with E-state index in [2.05, 4.69) is 25.0 Å². The first-order valence-electron chi connectivity index (χ1n) is 10.4. The number of hydrogen-bond donors (Lipinski definition) is 0. The van der Waals surface area contributed by atoms with Gasteiger partial charge >= 0.3 is 0 Å². The maximum atomic E-state index is 14.2. The second-order valence-corrected chi connectivity index (χ2v) is 7.78. The molecule has 2 unspecified atom stereocenters. The number of hydrazine groups is 1. The van der Waals surface area contributed by atoms with Crippen LogP contribution in [0.2, 0.25) is 0 Å². The zero-order chi connectivity index (χ0) is 21.4. The van der Waals surface area contributed by atoms with E-state index >= 15 is 0 Å².